The van der Waals surface area contributed by atoms with E-state index in [1.54, 1.807) is 6.07 Å². The SMILES string of the molecule is Clc1ccc(NCCNCc2ccccc2Cl)cc1Cl. The quantitative estimate of drug-likeness (QED) is 0.740. The maximum atomic E-state index is 6.08. The van der Waals surface area contributed by atoms with Gasteiger partial charge >= 0.3 is 0 Å². The van der Waals surface area contributed by atoms with Gasteiger partial charge in [-0.3, -0.25) is 0 Å². The number of halogens is 3. The van der Waals surface area contributed by atoms with E-state index < -0.39 is 0 Å². The highest BCUT2D eigenvalue weighted by Gasteiger charge is 2.00. The summed E-state index contributed by atoms with van der Waals surface area (Å²) in [4.78, 5) is 0. The molecule has 0 fully saturated rings. The minimum atomic E-state index is 0.556. The van der Waals surface area contributed by atoms with E-state index in [-0.39, 0.29) is 0 Å². The van der Waals surface area contributed by atoms with Crippen molar-refractivity contribution in [3.63, 3.8) is 0 Å². The largest absolute Gasteiger partial charge is 0.384 e. The van der Waals surface area contributed by atoms with Crippen LogP contribution in [0, 0.1) is 0 Å². The van der Waals surface area contributed by atoms with Gasteiger partial charge in [0.1, 0.15) is 0 Å². The van der Waals surface area contributed by atoms with Gasteiger partial charge in [0.15, 0.2) is 0 Å². The minimum absolute atomic E-state index is 0.556. The maximum absolute atomic E-state index is 6.08. The first-order valence-electron chi connectivity index (χ1n) is 6.30. The predicted molar refractivity (Wildman–Crippen MR) is 88.1 cm³/mol. The number of rotatable bonds is 6. The van der Waals surface area contributed by atoms with Crippen LogP contribution in [-0.2, 0) is 6.54 Å². The van der Waals surface area contributed by atoms with Crippen LogP contribution in [0.15, 0.2) is 42.5 Å². The molecule has 0 spiro atoms. The first kappa shape index (κ1) is 15.5. The Bertz CT molecular complexity index is 573. The molecule has 5 heteroatoms. The zero-order chi connectivity index (χ0) is 14.4. The fourth-order valence-corrected chi connectivity index (χ4v) is 2.27. The number of benzene rings is 2. The van der Waals surface area contributed by atoms with E-state index in [1.165, 1.54) is 0 Å². The number of hydrogen-bond acceptors (Lipinski definition) is 2. The first-order chi connectivity index (χ1) is 9.66. The van der Waals surface area contributed by atoms with Gasteiger partial charge < -0.3 is 10.6 Å². The van der Waals surface area contributed by atoms with Crippen molar-refractivity contribution in [2.24, 2.45) is 0 Å². The standard InChI is InChI=1S/C15H15Cl3N2/c16-13-4-2-1-3-11(13)10-19-7-8-20-12-5-6-14(17)15(18)9-12/h1-6,9,19-20H,7-8,10H2. The molecular formula is C15H15Cl3N2. The molecule has 0 saturated carbocycles. The van der Waals surface area contributed by atoms with Crippen molar-refractivity contribution in [3.05, 3.63) is 63.1 Å². The Morgan fingerprint density at radius 1 is 0.800 bits per heavy atom. The number of hydrogen-bond donors (Lipinski definition) is 2. The first-order valence-corrected chi connectivity index (χ1v) is 7.43. The molecule has 0 amide bonds. The van der Waals surface area contributed by atoms with Crippen molar-refractivity contribution in [1.29, 1.82) is 0 Å². The summed E-state index contributed by atoms with van der Waals surface area (Å²) in [5.41, 5.74) is 2.06. The monoisotopic (exact) mass is 328 g/mol. The van der Waals surface area contributed by atoms with Crippen LogP contribution in [0.25, 0.3) is 0 Å². The van der Waals surface area contributed by atoms with E-state index in [1.807, 2.05) is 36.4 Å². The van der Waals surface area contributed by atoms with Gasteiger partial charge in [0, 0.05) is 30.3 Å². The third-order valence-electron chi connectivity index (χ3n) is 2.82. The van der Waals surface area contributed by atoms with Crippen molar-refractivity contribution in [2.45, 2.75) is 6.54 Å². The van der Waals surface area contributed by atoms with Crippen LogP contribution in [0.3, 0.4) is 0 Å². The summed E-state index contributed by atoms with van der Waals surface area (Å²) in [6.07, 6.45) is 0. The van der Waals surface area contributed by atoms with E-state index >= 15 is 0 Å². The Morgan fingerprint density at radius 3 is 2.35 bits per heavy atom. The van der Waals surface area contributed by atoms with Gasteiger partial charge in [0.25, 0.3) is 0 Å². The Labute approximate surface area is 134 Å². The van der Waals surface area contributed by atoms with Crippen molar-refractivity contribution in [3.8, 4) is 0 Å². The van der Waals surface area contributed by atoms with E-state index in [4.69, 9.17) is 34.8 Å². The summed E-state index contributed by atoms with van der Waals surface area (Å²) in [6.45, 7) is 2.37. The second-order valence-corrected chi connectivity index (χ2v) is 5.55. The molecule has 0 aliphatic heterocycles. The van der Waals surface area contributed by atoms with Crippen LogP contribution in [0.5, 0.6) is 0 Å². The van der Waals surface area contributed by atoms with Crippen molar-refractivity contribution >= 4 is 40.5 Å². The molecule has 0 aromatic heterocycles. The average Bonchev–Trinajstić information content (AvgIpc) is 2.44. The molecule has 106 valence electrons. The molecule has 2 nitrogen and oxygen atoms in total. The lowest BCUT2D eigenvalue weighted by Gasteiger charge is -2.09. The van der Waals surface area contributed by atoms with Crippen LogP contribution in [0.1, 0.15) is 5.56 Å². The highest BCUT2D eigenvalue weighted by atomic mass is 35.5. The fraction of sp³-hybridized carbons (Fsp3) is 0.200. The molecule has 0 heterocycles. The Balaban J connectivity index is 1.71. The lowest BCUT2D eigenvalue weighted by Crippen LogP contribution is -2.21. The van der Waals surface area contributed by atoms with E-state index in [9.17, 15) is 0 Å². The van der Waals surface area contributed by atoms with Crippen LogP contribution < -0.4 is 10.6 Å². The molecule has 2 N–H and O–H groups in total. The third-order valence-corrected chi connectivity index (χ3v) is 3.93. The maximum Gasteiger partial charge on any atom is 0.0612 e. The summed E-state index contributed by atoms with van der Waals surface area (Å²) < 4.78 is 0. The van der Waals surface area contributed by atoms with Crippen LogP contribution in [-0.4, -0.2) is 13.1 Å². The normalized spacial score (nSPS) is 10.6. The van der Waals surface area contributed by atoms with Crippen molar-refractivity contribution in [2.75, 3.05) is 18.4 Å². The van der Waals surface area contributed by atoms with Gasteiger partial charge in [-0.05, 0) is 29.8 Å². The van der Waals surface area contributed by atoms with E-state index in [2.05, 4.69) is 10.6 Å². The fourth-order valence-electron chi connectivity index (χ4n) is 1.77. The van der Waals surface area contributed by atoms with Crippen LogP contribution >= 0.6 is 34.8 Å². The molecule has 0 saturated heterocycles. The van der Waals surface area contributed by atoms with Gasteiger partial charge in [0.05, 0.1) is 10.0 Å². The van der Waals surface area contributed by atoms with Gasteiger partial charge in [-0.15, -0.1) is 0 Å². The Hall–Kier alpha value is -0.930. The lowest BCUT2D eigenvalue weighted by atomic mass is 10.2. The molecule has 0 atom stereocenters. The Kier molecular flexibility index (Phi) is 5.99. The lowest BCUT2D eigenvalue weighted by molar-refractivity contribution is 0.707. The molecule has 2 rings (SSSR count). The highest BCUT2D eigenvalue weighted by Crippen LogP contribution is 2.24. The van der Waals surface area contributed by atoms with Crippen LogP contribution in [0.4, 0.5) is 5.69 Å². The van der Waals surface area contributed by atoms with Crippen molar-refractivity contribution in [1.82, 2.24) is 5.32 Å². The summed E-state index contributed by atoms with van der Waals surface area (Å²) in [7, 11) is 0. The second kappa shape index (κ2) is 7.75. The molecule has 20 heavy (non-hydrogen) atoms. The molecule has 0 aliphatic carbocycles. The summed E-state index contributed by atoms with van der Waals surface area (Å²) in [6, 6.07) is 13.3. The van der Waals surface area contributed by atoms with Gasteiger partial charge in [0.2, 0.25) is 0 Å². The van der Waals surface area contributed by atoms with Gasteiger partial charge in [-0.2, -0.15) is 0 Å². The molecule has 0 radical (unpaired) electrons. The predicted octanol–water partition coefficient (Wildman–Crippen LogP) is 4.85. The minimum Gasteiger partial charge on any atom is -0.384 e. The van der Waals surface area contributed by atoms with Gasteiger partial charge in [-0.25, -0.2) is 0 Å². The smallest absolute Gasteiger partial charge is 0.0612 e. The topological polar surface area (TPSA) is 24.1 Å². The summed E-state index contributed by atoms with van der Waals surface area (Å²) in [5, 5.41) is 8.52. The third kappa shape index (κ3) is 4.57. The summed E-state index contributed by atoms with van der Waals surface area (Å²) >= 11 is 17.9. The number of nitrogens with one attached hydrogen (secondary N) is 2. The van der Waals surface area contributed by atoms with Crippen LogP contribution in [0.2, 0.25) is 15.1 Å². The zero-order valence-electron chi connectivity index (χ0n) is 10.8. The molecule has 2 aromatic rings. The molecule has 2 aromatic carbocycles. The van der Waals surface area contributed by atoms with E-state index in [0.29, 0.717) is 10.0 Å². The molecule has 0 unspecified atom stereocenters. The molecule has 0 bridgehead atoms. The van der Waals surface area contributed by atoms with E-state index in [0.717, 1.165) is 35.9 Å². The van der Waals surface area contributed by atoms with Gasteiger partial charge in [-0.1, -0.05) is 53.0 Å². The zero-order valence-corrected chi connectivity index (χ0v) is 13.1. The molecular weight excluding hydrogens is 315 g/mol. The Morgan fingerprint density at radius 2 is 1.60 bits per heavy atom. The molecule has 0 aliphatic rings. The summed E-state index contributed by atoms with van der Waals surface area (Å²) in [5.74, 6) is 0. The number of anilines is 1. The highest BCUT2D eigenvalue weighted by molar-refractivity contribution is 6.42. The van der Waals surface area contributed by atoms with Crippen molar-refractivity contribution < 1.29 is 0 Å². The second-order valence-electron chi connectivity index (χ2n) is 4.32. The average molecular weight is 330 g/mol.